The second-order valence-corrected chi connectivity index (χ2v) is 10.5. The molecule has 3 amide bonds. The van der Waals surface area contributed by atoms with Gasteiger partial charge in [-0.3, -0.25) is 14.4 Å². The van der Waals surface area contributed by atoms with Crippen LogP contribution in [0.15, 0.2) is 42.5 Å². The minimum atomic E-state index is -0.654. The third-order valence-corrected chi connectivity index (χ3v) is 6.09. The molecular weight excluding hydrogens is 454 g/mol. The van der Waals surface area contributed by atoms with Crippen LogP contribution in [0.1, 0.15) is 77.6 Å². The van der Waals surface area contributed by atoms with Crippen LogP contribution >= 0.6 is 0 Å². The molecule has 0 radical (unpaired) electrons. The molecule has 0 saturated carbocycles. The van der Waals surface area contributed by atoms with Crippen molar-refractivity contribution in [3.63, 3.8) is 0 Å². The summed E-state index contributed by atoms with van der Waals surface area (Å²) in [7, 11) is 0. The molecule has 36 heavy (non-hydrogen) atoms. The van der Waals surface area contributed by atoms with Gasteiger partial charge in [0.25, 0.3) is 5.91 Å². The number of carbonyl (C=O) groups excluding carboxylic acids is 3. The number of benzene rings is 2. The van der Waals surface area contributed by atoms with Gasteiger partial charge in [0.05, 0.1) is 6.10 Å². The van der Waals surface area contributed by atoms with E-state index in [0.29, 0.717) is 44.4 Å². The maximum atomic E-state index is 13.1. The second kappa shape index (κ2) is 14.0. The Bertz CT molecular complexity index is 1010. The number of hydrogen-bond donors (Lipinski definition) is 3. The van der Waals surface area contributed by atoms with Crippen LogP contribution in [0, 0.1) is 5.41 Å². The highest BCUT2D eigenvalue weighted by Gasteiger charge is 2.27. The zero-order chi connectivity index (χ0) is 26.7. The lowest BCUT2D eigenvalue weighted by molar-refractivity contribution is -0.130. The average molecular weight is 498 g/mol. The van der Waals surface area contributed by atoms with Gasteiger partial charge < -0.3 is 20.7 Å². The smallest absolute Gasteiger partial charge is 0.252 e. The lowest BCUT2D eigenvalue weighted by Crippen LogP contribution is -2.48. The molecule has 0 aliphatic rings. The largest absolute Gasteiger partial charge is 0.379 e. The molecule has 0 aliphatic heterocycles. The van der Waals surface area contributed by atoms with Gasteiger partial charge in [0.2, 0.25) is 11.8 Å². The van der Waals surface area contributed by atoms with Crippen molar-refractivity contribution in [2.45, 2.75) is 85.4 Å². The summed E-state index contributed by atoms with van der Waals surface area (Å²) >= 11 is 0. The normalized spacial score (nSPS) is 12.6. The third kappa shape index (κ3) is 9.26. The first-order valence-corrected chi connectivity index (χ1v) is 13.0. The van der Waals surface area contributed by atoms with E-state index in [1.807, 2.05) is 77.9 Å². The number of carbonyl (C=O) groups is 3. The minimum Gasteiger partial charge on any atom is -0.379 e. The van der Waals surface area contributed by atoms with Gasteiger partial charge in [-0.15, -0.1) is 0 Å². The van der Waals surface area contributed by atoms with Gasteiger partial charge in [-0.1, -0.05) is 50.2 Å². The minimum absolute atomic E-state index is 0.00628. The van der Waals surface area contributed by atoms with Gasteiger partial charge in [0.1, 0.15) is 6.04 Å². The van der Waals surface area contributed by atoms with Crippen molar-refractivity contribution in [1.82, 2.24) is 16.0 Å². The van der Waals surface area contributed by atoms with Crippen LogP contribution in [0.3, 0.4) is 0 Å². The molecule has 0 spiro atoms. The molecule has 2 rings (SSSR count). The first-order valence-electron chi connectivity index (χ1n) is 13.0. The van der Waals surface area contributed by atoms with Crippen molar-refractivity contribution in [2.24, 2.45) is 5.41 Å². The molecule has 2 aromatic rings. The van der Waals surface area contributed by atoms with Gasteiger partial charge >= 0.3 is 0 Å². The lowest BCUT2D eigenvalue weighted by atomic mass is 9.88. The van der Waals surface area contributed by atoms with Crippen molar-refractivity contribution in [2.75, 3.05) is 13.2 Å². The number of ether oxygens (including phenoxy) is 1. The molecule has 7 heteroatoms. The monoisotopic (exact) mass is 497 g/mol. The van der Waals surface area contributed by atoms with Crippen LogP contribution in [0.5, 0.6) is 0 Å². The van der Waals surface area contributed by atoms with Crippen molar-refractivity contribution in [3.05, 3.63) is 48.0 Å². The van der Waals surface area contributed by atoms with E-state index in [1.54, 1.807) is 6.07 Å². The molecule has 0 heterocycles. The van der Waals surface area contributed by atoms with E-state index < -0.39 is 11.5 Å². The Hall–Kier alpha value is -2.93. The van der Waals surface area contributed by atoms with Crippen LogP contribution < -0.4 is 16.0 Å². The van der Waals surface area contributed by atoms with Crippen molar-refractivity contribution in [1.29, 1.82) is 0 Å². The number of rotatable bonds is 14. The van der Waals surface area contributed by atoms with E-state index in [9.17, 15) is 14.4 Å². The highest BCUT2D eigenvalue weighted by Crippen LogP contribution is 2.21. The summed E-state index contributed by atoms with van der Waals surface area (Å²) in [5, 5.41) is 10.7. The summed E-state index contributed by atoms with van der Waals surface area (Å²) < 4.78 is 5.58. The number of hydrogen-bond acceptors (Lipinski definition) is 4. The van der Waals surface area contributed by atoms with E-state index in [4.69, 9.17) is 4.74 Å². The molecule has 0 saturated heterocycles. The fourth-order valence-corrected chi connectivity index (χ4v) is 3.89. The van der Waals surface area contributed by atoms with Gasteiger partial charge in [-0.2, -0.15) is 0 Å². The summed E-state index contributed by atoms with van der Waals surface area (Å²) in [6.07, 6.45) is 2.67. The Morgan fingerprint density at radius 3 is 2.31 bits per heavy atom. The topological polar surface area (TPSA) is 96.5 Å². The number of amides is 3. The Labute approximate surface area is 215 Å². The maximum Gasteiger partial charge on any atom is 0.252 e. The molecule has 0 fully saturated rings. The van der Waals surface area contributed by atoms with Gasteiger partial charge in [-0.05, 0) is 70.2 Å². The Balaban J connectivity index is 1.92. The summed E-state index contributed by atoms with van der Waals surface area (Å²) in [4.78, 5) is 38.5. The summed E-state index contributed by atoms with van der Waals surface area (Å²) in [5.41, 5.74) is 0.0347. The Kier molecular flexibility index (Phi) is 11.4. The fourth-order valence-electron chi connectivity index (χ4n) is 3.89. The van der Waals surface area contributed by atoms with Crippen LogP contribution in [0.2, 0.25) is 0 Å². The Morgan fingerprint density at radius 1 is 0.917 bits per heavy atom. The van der Waals surface area contributed by atoms with E-state index in [0.717, 1.165) is 10.8 Å². The number of nitrogens with one attached hydrogen (secondary N) is 3. The molecule has 198 valence electrons. The van der Waals surface area contributed by atoms with Crippen LogP contribution in [0.4, 0.5) is 0 Å². The van der Waals surface area contributed by atoms with Crippen molar-refractivity contribution >= 4 is 28.5 Å². The predicted octanol–water partition coefficient (Wildman–Crippen LogP) is 4.59. The first kappa shape index (κ1) is 29.3. The molecule has 0 aromatic heterocycles. The number of unbranched alkanes of at least 4 members (excludes halogenated alkanes) is 1. The van der Waals surface area contributed by atoms with E-state index in [-0.39, 0.29) is 29.9 Å². The second-order valence-electron chi connectivity index (χ2n) is 10.5. The molecule has 0 aliphatic carbocycles. The third-order valence-electron chi connectivity index (χ3n) is 6.09. The van der Waals surface area contributed by atoms with Crippen LogP contribution in [-0.2, 0) is 14.3 Å². The van der Waals surface area contributed by atoms with E-state index >= 15 is 0 Å². The highest BCUT2D eigenvalue weighted by molar-refractivity contribution is 6.08. The molecule has 1 atom stereocenters. The van der Waals surface area contributed by atoms with Gasteiger partial charge in [-0.25, -0.2) is 0 Å². The molecular formula is C29H43N3O4. The first-order chi connectivity index (χ1) is 17.0. The number of fused-ring (bicyclic) bond motifs is 1. The standard InChI is InChI=1S/C29H43N3O4/c1-20(2)31-27(34)25(32-26(33)24-15-11-13-22-12-7-8-14-23(22)24)16-9-10-18-30-28(35)29(5,6)17-19-36-21(3)4/h7-8,11-15,20-21,25H,9-10,16-19H2,1-6H3,(H,30,35)(H,31,34)(H,32,33). The van der Waals surface area contributed by atoms with E-state index in [1.165, 1.54) is 0 Å². The quantitative estimate of drug-likeness (QED) is 0.333. The maximum absolute atomic E-state index is 13.1. The summed E-state index contributed by atoms with van der Waals surface area (Å²) in [5.74, 6) is -0.475. The zero-order valence-electron chi connectivity index (χ0n) is 22.6. The summed E-state index contributed by atoms with van der Waals surface area (Å²) in [6.45, 7) is 12.6. The SMILES string of the molecule is CC(C)NC(=O)C(CCCCNC(=O)C(C)(C)CCOC(C)C)NC(=O)c1cccc2ccccc12. The molecule has 0 bridgehead atoms. The fraction of sp³-hybridized carbons (Fsp3) is 0.552. The molecule has 3 N–H and O–H groups in total. The van der Waals surface area contributed by atoms with E-state index in [2.05, 4.69) is 16.0 Å². The van der Waals surface area contributed by atoms with Crippen molar-refractivity contribution in [3.8, 4) is 0 Å². The molecule has 2 aromatic carbocycles. The van der Waals surface area contributed by atoms with Gasteiger partial charge in [0, 0.05) is 30.2 Å². The van der Waals surface area contributed by atoms with Gasteiger partial charge in [0.15, 0.2) is 0 Å². The zero-order valence-corrected chi connectivity index (χ0v) is 22.6. The Morgan fingerprint density at radius 2 is 1.61 bits per heavy atom. The predicted molar refractivity (Wildman–Crippen MR) is 145 cm³/mol. The molecule has 7 nitrogen and oxygen atoms in total. The highest BCUT2D eigenvalue weighted by atomic mass is 16.5. The molecule has 1 unspecified atom stereocenters. The summed E-state index contributed by atoms with van der Waals surface area (Å²) in [6, 6.07) is 12.6. The van der Waals surface area contributed by atoms with Crippen LogP contribution in [-0.4, -0.2) is 49.1 Å². The van der Waals surface area contributed by atoms with Crippen molar-refractivity contribution < 1.29 is 19.1 Å². The van der Waals surface area contributed by atoms with Crippen LogP contribution in [0.25, 0.3) is 10.8 Å². The average Bonchev–Trinajstić information content (AvgIpc) is 2.81. The lowest BCUT2D eigenvalue weighted by Gasteiger charge is -2.24.